The van der Waals surface area contributed by atoms with E-state index in [1.54, 1.807) is 0 Å². The van der Waals surface area contributed by atoms with Crippen molar-refractivity contribution in [3.8, 4) is 0 Å². The van der Waals surface area contributed by atoms with E-state index in [9.17, 15) is 0 Å². The van der Waals surface area contributed by atoms with Crippen molar-refractivity contribution in [1.82, 2.24) is 14.7 Å². The van der Waals surface area contributed by atoms with E-state index >= 15 is 0 Å². The van der Waals surface area contributed by atoms with E-state index in [-0.39, 0.29) is 6.23 Å². The summed E-state index contributed by atoms with van der Waals surface area (Å²) in [5.41, 5.74) is 0. The number of hydrogen-bond acceptors (Lipinski definition) is 4. The Morgan fingerprint density at radius 2 is 1.54 bits per heavy atom. The van der Waals surface area contributed by atoms with Gasteiger partial charge in [-0.15, -0.1) is 0 Å². The zero-order valence-corrected chi connectivity index (χ0v) is 8.73. The van der Waals surface area contributed by atoms with Crippen LogP contribution in [0.25, 0.3) is 0 Å². The maximum atomic E-state index is 5.78. The average molecular weight is 185 g/mol. The Kier molecular flexibility index (Phi) is 2.55. The van der Waals surface area contributed by atoms with Crippen LogP contribution in [0.1, 0.15) is 0 Å². The summed E-state index contributed by atoms with van der Waals surface area (Å²) in [6.07, 6.45) is 0.699. The molecule has 2 atom stereocenters. The van der Waals surface area contributed by atoms with Crippen LogP contribution in [0.2, 0.25) is 0 Å². The van der Waals surface area contributed by atoms with Gasteiger partial charge < -0.3 is 4.74 Å². The molecule has 0 bridgehead atoms. The van der Waals surface area contributed by atoms with E-state index in [1.807, 2.05) is 0 Å². The van der Waals surface area contributed by atoms with E-state index in [0.29, 0.717) is 6.17 Å². The van der Waals surface area contributed by atoms with Gasteiger partial charge in [0, 0.05) is 19.6 Å². The van der Waals surface area contributed by atoms with Gasteiger partial charge in [-0.2, -0.15) is 0 Å². The predicted octanol–water partition coefficient (Wildman–Crippen LogP) is -0.522. The lowest BCUT2D eigenvalue weighted by Gasteiger charge is -2.50. The highest BCUT2D eigenvalue weighted by molar-refractivity contribution is 4.85. The molecule has 2 aliphatic rings. The molecule has 0 spiro atoms. The van der Waals surface area contributed by atoms with Gasteiger partial charge in [-0.05, 0) is 21.1 Å². The quantitative estimate of drug-likeness (QED) is 0.505. The summed E-state index contributed by atoms with van der Waals surface area (Å²) in [4.78, 5) is 7.06. The molecule has 13 heavy (non-hydrogen) atoms. The molecule has 0 aromatic carbocycles. The molecule has 0 amide bonds. The molecule has 4 heteroatoms. The molecule has 2 saturated heterocycles. The Balaban J connectivity index is 2.12. The molecule has 2 heterocycles. The van der Waals surface area contributed by atoms with E-state index < -0.39 is 0 Å². The van der Waals surface area contributed by atoms with Crippen molar-refractivity contribution in [2.75, 3.05) is 47.4 Å². The summed E-state index contributed by atoms with van der Waals surface area (Å²) >= 11 is 0. The summed E-state index contributed by atoms with van der Waals surface area (Å²) in [7, 11) is 6.50. The number of nitrogens with zero attached hydrogens (tertiary/aromatic N) is 3. The molecule has 0 aliphatic carbocycles. The van der Waals surface area contributed by atoms with Crippen molar-refractivity contribution in [2.45, 2.75) is 12.4 Å². The third kappa shape index (κ3) is 1.59. The largest absolute Gasteiger partial charge is 0.359 e. The standard InChI is InChI=1S/C9H19N3O/c1-10-4-5-12(3)9-8(10)11(2)6-7-13-9/h8-9H,4-7H2,1-3H3. The number of morpholine rings is 1. The van der Waals surface area contributed by atoms with Crippen LogP contribution in [0.5, 0.6) is 0 Å². The van der Waals surface area contributed by atoms with E-state index in [2.05, 4.69) is 35.8 Å². The second-order valence-electron chi connectivity index (χ2n) is 4.12. The monoisotopic (exact) mass is 185 g/mol. The topological polar surface area (TPSA) is 19.0 Å². The Bertz CT molecular complexity index is 184. The minimum atomic E-state index is 0.262. The summed E-state index contributed by atoms with van der Waals surface area (Å²) in [6.45, 7) is 4.13. The van der Waals surface area contributed by atoms with Crippen LogP contribution in [0, 0.1) is 0 Å². The smallest absolute Gasteiger partial charge is 0.139 e. The number of ether oxygens (including phenoxy) is 1. The van der Waals surface area contributed by atoms with Crippen LogP contribution in [-0.4, -0.2) is 74.5 Å². The maximum absolute atomic E-state index is 5.78. The molecular formula is C9H19N3O. The van der Waals surface area contributed by atoms with Crippen molar-refractivity contribution in [2.24, 2.45) is 0 Å². The van der Waals surface area contributed by atoms with Crippen LogP contribution < -0.4 is 0 Å². The van der Waals surface area contributed by atoms with Crippen LogP contribution in [0.3, 0.4) is 0 Å². The van der Waals surface area contributed by atoms with Gasteiger partial charge in [-0.25, -0.2) is 0 Å². The van der Waals surface area contributed by atoms with Crippen molar-refractivity contribution < 1.29 is 4.74 Å². The fourth-order valence-electron chi connectivity index (χ4n) is 2.24. The molecule has 4 nitrogen and oxygen atoms in total. The third-order valence-electron chi connectivity index (χ3n) is 3.13. The third-order valence-corrected chi connectivity index (χ3v) is 3.13. The Morgan fingerprint density at radius 1 is 0.923 bits per heavy atom. The molecule has 2 unspecified atom stereocenters. The Morgan fingerprint density at radius 3 is 2.23 bits per heavy atom. The van der Waals surface area contributed by atoms with Gasteiger partial charge >= 0.3 is 0 Å². The van der Waals surface area contributed by atoms with E-state index in [1.165, 1.54) is 0 Å². The summed E-state index contributed by atoms with van der Waals surface area (Å²) in [5, 5.41) is 0. The first-order valence-corrected chi connectivity index (χ1v) is 4.92. The molecule has 76 valence electrons. The number of fused-ring (bicyclic) bond motifs is 1. The zero-order chi connectivity index (χ0) is 9.42. The minimum Gasteiger partial charge on any atom is -0.359 e. The van der Waals surface area contributed by atoms with Gasteiger partial charge in [0.05, 0.1) is 6.61 Å². The molecule has 0 aromatic heterocycles. The molecule has 0 radical (unpaired) electrons. The Labute approximate surface area is 80.0 Å². The van der Waals surface area contributed by atoms with Crippen LogP contribution in [-0.2, 0) is 4.74 Å². The molecule has 2 rings (SSSR count). The first-order valence-electron chi connectivity index (χ1n) is 4.92. The van der Waals surface area contributed by atoms with Crippen LogP contribution in [0.4, 0.5) is 0 Å². The SMILES string of the molecule is CN1CCN(C)C2C1OCCN2C. The van der Waals surface area contributed by atoms with Gasteiger partial charge in [0.1, 0.15) is 12.4 Å². The van der Waals surface area contributed by atoms with Crippen LogP contribution in [0.15, 0.2) is 0 Å². The van der Waals surface area contributed by atoms with Gasteiger partial charge in [0.25, 0.3) is 0 Å². The fourth-order valence-corrected chi connectivity index (χ4v) is 2.24. The highest BCUT2D eigenvalue weighted by Gasteiger charge is 2.38. The molecular weight excluding hydrogens is 166 g/mol. The van der Waals surface area contributed by atoms with Crippen molar-refractivity contribution in [3.63, 3.8) is 0 Å². The highest BCUT2D eigenvalue weighted by atomic mass is 16.5. The van der Waals surface area contributed by atoms with Gasteiger partial charge in [0.15, 0.2) is 0 Å². The first kappa shape index (κ1) is 9.40. The summed E-state index contributed by atoms with van der Waals surface area (Å²) in [5.74, 6) is 0. The summed E-state index contributed by atoms with van der Waals surface area (Å²) < 4.78 is 5.78. The number of rotatable bonds is 0. The Hall–Kier alpha value is -0.160. The normalized spacial score (nSPS) is 39.0. The fraction of sp³-hybridized carbons (Fsp3) is 1.00. The highest BCUT2D eigenvalue weighted by Crippen LogP contribution is 2.21. The minimum absolute atomic E-state index is 0.262. The lowest BCUT2D eigenvalue weighted by atomic mass is 10.2. The second kappa shape index (κ2) is 3.53. The van der Waals surface area contributed by atoms with E-state index in [4.69, 9.17) is 4.74 Å². The van der Waals surface area contributed by atoms with Gasteiger partial charge in [-0.1, -0.05) is 0 Å². The molecule has 2 aliphatic heterocycles. The second-order valence-corrected chi connectivity index (χ2v) is 4.12. The van der Waals surface area contributed by atoms with Crippen LogP contribution >= 0.6 is 0 Å². The van der Waals surface area contributed by atoms with Gasteiger partial charge in [-0.3, -0.25) is 14.7 Å². The zero-order valence-electron chi connectivity index (χ0n) is 8.73. The average Bonchev–Trinajstić information content (AvgIpc) is 2.12. The van der Waals surface area contributed by atoms with Crippen molar-refractivity contribution in [1.29, 1.82) is 0 Å². The number of piperazine rings is 1. The predicted molar refractivity (Wildman–Crippen MR) is 51.4 cm³/mol. The van der Waals surface area contributed by atoms with E-state index in [0.717, 1.165) is 26.2 Å². The van der Waals surface area contributed by atoms with Crippen molar-refractivity contribution >= 4 is 0 Å². The lowest BCUT2D eigenvalue weighted by molar-refractivity contribution is -0.193. The summed E-state index contributed by atoms with van der Waals surface area (Å²) in [6, 6.07) is 0. The molecule has 2 fully saturated rings. The van der Waals surface area contributed by atoms with Gasteiger partial charge in [0.2, 0.25) is 0 Å². The number of hydrogen-bond donors (Lipinski definition) is 0. The lowest BCUT2D eigenvalue weighted by Crippen LogP contribution is -2.66. The number of likely N-dealkylation sites (N-methyl/N-ethyl adjacent to an activating group) is 3. The maximum Gasteiger partial charge on any atom is 0.139 e. The molecule has 0 saturated carbocycles. The first-order chi connectivity index (χ1) is 6.20. The van der Waals surface area contributed by atoms with Crippen molar-refractivity contribution in [3.05, 3.63) is 0 Å². The molecule has 0 aromatic rings. The molecule has 0 N–H and O–H groups in total.